The van der Waals surface area contributed by atoms with E-state index in [0.29, 0.717) is 17.5 Å². The van der Waals surface area contributed by atoms with Crippen molar-refractivity contribution in [3.63, 3.8) is 0 Å². The molecule has 0 bridgehead atoms. The van der Waals surface area contributed by atoms with Crippen LogP contribution in [0.4, 0.5) is 4.39 Å². The Morgan fingerprint density at radius 2 is 1.94 bits per heavy atom. The van der Waals surface area contributed by atoms with Crippen LogP contribution in [0.15, 0.2) is 48.5 Å². The molecule has 0 saturated carbocycles. The highest BCUT2D eigenvalue weighted by molar-refractivity contribution is 7.19. The van der Waals surface area contributed by atoms with Crippen LogP contribution in [-0.4, -0.2) is 46.9 Å². The standard InChI is InChI=1S/C23H21FO6S/c1-12(25)29-11-18-20(26)21(27)22(28)23(30-18)14-6-7-17(24)15(8-14)10-16-9-13-4-2-3-5-19(13)31-16/h2-9,18,20,22-23,26,28H,10-11H2,1H3/t18-,20-,22-,23+/m1/s1. The van der Waals surface area contributed by atoms with Gasteiger partial charge in [0.25, 0.3) is 0 Å². The van der Waals surface area contributed by atoms with E-state index in [1.54, 1.807) is 17.4 Å². The van der Waals surface area contributed by atoms with Crippen LogP contribution in [-0.2, 0) is 25.5 Å². The van der Waals surface area contributed by atoms with Crippen LogP contribution in [0.25, 0.3) is 10.1 Å². The summed E-state index contributed by atoms with van der Waals surface area (Å²) in [6.45, 7) is 0.866. The molecular weight excluding hydrogens is 423 g/mol. The summed E-state index contributed by atoms with van der Waals surface area (Å²) in [5.74, 6) is -1.82. The number of Topliss-reactive ketones (excluding diaryl/α,β-unsaturated/α-hetero) is 1. The minimum Gasteiger partial charge on any atom is -0.463 e. The van der Waals surface area contributed by atoms with Gasteiger partial charge in [0, 0.05) is 22.9 Å². The minimum atomic E-state index is -1.62. The lowest BCUT2D eigenvalue weighted by Gasteiger charge is -2.36. The molecule has 4 rings (SSSR count). The molecule has 1 fully saturated rings. The Labute approximate surface area is 181 Å². The molecule has 3 aromatic rings. The zero-order valence-corrected chi connectivity index (χ0v) is 17.5. The monoisotopic (exact) mass is 444 g/mol. The Morgan fingerprint density at radius 1 is 1.16 bits per heavy atom. The molecular formula is C23H21FO6S. The molecule has 31 heavy (non-hydrogen) atoms. The SMILES string of the molecule is CC(=O)OC[C@H]1O[C@@H](c2ccc(F)c(Cc3cc4ccccc4s3)c2)[C@H](O)C(=O)[C@@H]1O. The number of ketones is 1. The number of carbonyl (C=O) groups is 2. The van der Waals surface area contributed by atoms with Gasteiger partial charge in [-0.1, -0.05) is 24.3 Å². The number of hydrogen-bond donors (Lipinski definition) is 2. The molecule has 1 aliphatic heterocycles. The number of rotatable bonds is 5. The maximum Gasteiger partial charge on any atom is 0.302 e. The number of carbonyl (C=O) groups excluding carboxylic acids is 2. The van der Waals surface area contributed by atoms with E-state index in [-0.39, 0.29) is 6.61 Å². The smallest absolute Gasteiger partial charge is 0.302 e. The number of aliphatic hydroxyl groups excluding tert-OH is 2. The quantitative estimate of drug-likeness (QED) is 0.588. The topological polar surface area (TPSA) is 93.1 Å². The van der Waals surface area contributed by atoms with E-state index in [9.17, 15) is 24.2 Å². The zero-order valence-electron chi connectivity index (χ0n) is 16.7. The van der Waals surface area contributed by atoms with Gasteiger partial charge in [0.15, 0.2) is 5.78 Å². The molecule has 0 spiro atoms. The van der Waals surface area contributed by atoms with Crippen LogP contribution in [0.1, 0.15) is 29.0 Å². The molecule has 4 atom stereocenters. The fourth-order valence-electron chi connectivity index (χ4n) is 3.65. The third kappa shape index (κ3) is 4.52. The summed E-state index contributed by atoms with van der Waals surface area (Å²) in [4.78, 5) is 24.4. The summed E-state index contributed by atoms with van der Waals surface area (Å²) in [7, 11) is 0. The molecule has 0 unspecified atom stereocenters. The Kier molecular flexibility index (Phi) is 6.15. The number of halogens is 1. The first-order valence-electron chi connectivity index (χ1n) is 9.78. The van der Waals surface area contributed by atoms with E-state index in [1.165, 1.54) is 19.1 Å². The highest BCUT2D eigenvalue weighted by atomic mass is 32.1. The number of benzene rings is 2. The lowest BCUT2D eigenvalue weighted by molar-refractivity contribution is -0.194. The Hall–Kier alpha value is -2.65. The van der Waals surface area contributed by atoms with Crippen LogP contribution in [0, 0.1) is 5.82 Å². The molecule has 1 aliphatic rings. The molecule has 6 nitrogen and oxygen atoms in total. The highest BCUT2D eigenvalue weighted by Crippen LogP contribution is 2.33. The fraction of sp³-hybridized carbons (Fsp3) is 0.304. The summed E-state index contributed by atoms with van der Waals surface area (Å²) < 4.78 is 26.2. The van der Waals surface area contributed by atoms with Crippen LogP contribution in [0.3, 0.4) is 0 Å². The van der Waals surface area contributed by atoms with Crippen LogP contribution in [0.5, 0.6) is 0 Å². The van der Waals surface area contributed by atoms with E-state index in [0.717, 1.165) is 15.0 Å². The highest BCUT2D eigenvalue weighted by Gasteiger charge is 2.44. The molecule has 162 valence electrons. The molecule has 1 aromatic heterocycles. The summed E-state index contributed by atoms with van der Waals surface area (Å²) in [5.41, 5.74) is 0.799. The van der Waals surface area contributed by atoms with Crippen molar-refractivity contribution in [1.29, 1.82) is 0 Å². The largest absolute Gasteiger partial charge is 0.463 e. The van der Waals surface area contributed by atoms with Gasteiger partial charge >= 0.3 is 5.97 Å². The van der Waals surface area contributed by atoms with Gasteiger partial charge in [-0.3, -0.25) is 9.59 Å². The van der Waals surface area contributed by atoms with Crippen molar-refractivity contribution in [1.82, 2.24) is 0 Å². The second kappa shape index (κ2) is 8.84. The summed E-state index contributed by atoms with van der Waals surface area (Å²) in [6.07, 6.45) is -5.13. The zero-order chi connectivity index (χ0) is 22.1. The second-order valence-corrected chi connectivity index (χ2v) is 8.64. The first-order valence-corrected chi connectivity index (χ1v) is 10.6. The maximum atomic E-state index is 14.5. The predicted octanol–water partition coefficient (Wildman–Crippen LogP) is 2.93. The van der Waals surface area contributed by atoms with Gasteiger partial charge in [-0.25, -0.2) is 4.39 Å². The van der Waals surface area contributed by atoms with Crippen molar-refractivity contribution in [3.05, 3.63) is 70.4 Å². The lowest BCUT2D eigenvalue weighted by Crippen LogP contribution is -2.52. The van der Waals surface area contributed by atoms with E-state index in [4.69, 9.17) is 9.47 Å². The van der Waals surface area contributed by atoms with E-state index in [1.807, 2.05) is 30.3 Å². The van der Waals surface area contributed by atoms with Crippen LogP contribution in [0.2, 0.25) is 0 Å². The molecule has 0 radical (unpaired) electrons. The molecule has 0 amide bonds. The van der Waals surface area contributed by atoms with Crippen LogP contribution >= 0.6 is 11.3 Å². The van der Waals surface area contributed by atoms with Crippen molar-refractivity contribution >= 4 is 33.2 Å². The van der Waals surface area contributed by atoms with E-state index >= 15 is 0 Å². The predicted molar refractivity (Wildman–Crippen MR) is 112 cm³/mol. The van der Waals surface area contributed by atoms with Crippen LogP contribution < -0.4 is 0 Å². The minimum absolute atomic E-state index is 0.332. The molecule has 8 heteroatoms. The Bertz CT molecular complexity index is 1090. The Morgan fingerprint density at radius 3 is 2.68 bits per heavy atom. The van der Waals surface area contributed by atoms with Crippen molar-refractivity contribution in [2.75, 3.05) is 6.61 Å². The Balaban J connectivity index is 1.59. The summed E-state index contributed by atoms with van der Waals surface area (Å²) in [6, 6.07) is 14.2. The lowest BCUT2D eigenvalue weighted by atomic mass is 9.91. The third-order valence-electron chi connectivity index (χ3n) is 5.23. The van der Waals surface area contributed by atoms with Gasteiger partial charge < -0.3 is 19.7 Å². The van der Waals surface area contributed by atoms with Crippen molar-refractivity contribution in [3.8, 4) is 0 Å². The van der Waals surface area contributed by atoms with E-state index in [2.05, 4.69) is 0 Å². The molecule has 0 aliphatic carbocycles. The van der Waals surface area contributed by atoms with Gasteiger partial charge in [-0.05, 0) is 40.8 Å². The summed E-state index contributed by atoms with van der Waals surface area (Å²) >= 11 is 1.57. The number of hydrogen-bond acceptors (Lipinski definition) is 7. The number of thiophene rings is 1. The second-order valence-electron chi connectivity index (χ2n) is 7.47. The molecule has 2 N–H and O–H groups in total. The van der Waals surface area contributed by atoms with Crippen molar-refractivity contribution in [2.45, 2.75) is 37.8 Å². The first-order chi connectivity index (χ1) is 14.8. The average molecular weight is 444 g/mol. The average Bonchev–Trinajstić information content (AvgIpc) is 3.15. The van der Waals surface area contributed by atoms with E-state index < -0.39 is 42.0 Å². The first kappa shape index (κ1) is 21.6. The number of esters is 1. The van der Waals surface area contributed by atoms with Gasteiger partial charge in [-0.2, -0.15) is 0 Å². The molecule has 2 heterocycles. The maximum absolute atomic E-state index is 14.5. The molecule has 2 aromatic carbocycles. The summed E-state index contributed by atoms with van der Waals surface area (Å²) in [5, 5.41) is 21.5. The van der Waals surface area contributed by atoms with Gasteiger partial charge in [0.05, 0.1) is 0 Å². The van der Waals surface area contributed by atoms with Crippen molar-refractivity contribution in [2.24, 2.45) is 0 Å². The number of ether oxygens (including phenoxy) is 2. The fourth-order valence-corrected chi connectivity index (χ4v) is 4.74. The number of fused-ring (bicyclic) bond motifs is 1. The third-order valence-corrected chi connectivity index (χ3v) is 6.35. The van der Waals surface area contributed by atoms with Gasteiger partial charge in [-0.15, -0.1) is 11.3 Å². The normalized spacial score (nSPS) is 23.8. The number of aliphatic hydroxyl groups is 2. The van der Waals surface area contributed by atoms with Crippen molar-refractivity contribution < 1.29 is 33.7 Å². The molecule has 1 saturated heterocycles. The van der Waals surface area contributed by atoms with Gasteiger partial charge in [0.2, 0.25) is 0 Å². The van der Waals surface area contributed by atoms with Gasteiger partial charge in [0.1, 0.15) is 36.8 Å².